The van der Waals surface area contributed by atoms with E-state index in [-0.39, 0.29) is 11.8 Å². The zero-order valence-corrected chi connectivity index (χ0v) is 16.1. The van der Waals surface area contributed by atoms with Gasteiger partial charge in [0.05, 0.1) is 6.42 Å². The fourth-order valence-electron chi connectivity index (χ4n) is 3.87. The first-order chi connectivity index (χ1) is 13.1. The van der Waals surface area contributed by atoms with E-state index in [1.807, 2.05) is 54.3 Å². The predicted molar refractivity (Wildman–Crippen MR) is 108 cm³/mol. The lowest BCUT2D eigenvalue weighted by Crippen LogP contribution is -2.48. The molecule has 0 bridgehead atoms. The number of hydrogen-bond acceptors (Lipinski definition) is 3. The first-order valence-corrected chi connectivity index (χ1v) is 9.67. The predicted octanol–water partition coefficient (Wildman–Crippen LogP) is 3.21. The van der Waals surface area contributed by atoms with Crippen LogP contribution >= 0.6 is 11.6 Å². The van der Waals surface area contributed by atoms with E-state index in [0.717, 1.165) is 35.1 Å². The van der Waals surface area contributed by atoms with E-state index in [2.05, 4.69) is 4.90 Å². The van der Waals surface area contributed by atoms with Crippen LogP contribution in [0, 0.1) is 0 Å². The lowest BCUT2D eigenvalue weighted by molar-refractivity contribution is -0.117. The van der Waals surface area contributed by atoms with E-state index in [9.17, 15) is 9.59 Å². The number of fused-ring (bicyclic) bond motifs is 1. The van der Waals surface area contributed by atoms with Crippen LogP contribution in [0.15, 0.2) is 42.5 Å². The third-order valence-electron chi connectivity index (χ3n) is 5.33. The van der Waals surface area contributed by atoms with E-state index in [4.69, 9.17) is 11.6 Å². The Morgan fingerprint density at radius 3 is 2.41 bits per heavy atom. The minimum Gasteiger partial charge on any atom is -0.368 e. The maximum Gasteiger partial charge on any atom is 0.253 e. The molecule has 0 N–H and O–H groups in total. The van der Waals surface area contributed by atoms with Crippen LogP contribution < -0.4 is 9.80 Å². The molecule has 0 spiro atoms. The highest BCUT2D eigenvalue weighted by Crippen LogP contribution is 2.30. The van der Waals surface area contributed by atoms with E-state index in [1.165, 1.54) is 0 Å². The summed E-state index contributed by atoms with van der Waals surface area (Å²) in [6.45, 7) is 5.57. The summed E-state index contributed by atoms with van der Waals surface area (Å²) < 4.78 is 0. The van der Waals surface area contributed by atoms with Gasteiger partial charge in [-0.3, -0.25) is 9.59 Å². The molecule has 5 nitrogen and oxygen atoms in total. The van der Waals surface area contributed by atoms with Crippen LogP contribution in [-0.4, -0.2) is 49.4 Å². The molecule has 27 heavy (non-hydrogen) atoms. The molecule has 2 aromatic carbocycles. The van der Waals surface area contributed by atoms with Gasteiger partial charge < -0.3 is 14.7 Å². The lowest BCUT2D eigenvalue weighted by Gasteiger charge is -2.36. The lowest BCUT2D eigenvalue weighted by atomic mass is 10.1. The summed E-state index contributed by atoms with van der Waals surface area (Å²) in [6.07, 6.45) is 0.384. The van der Waals surface area contributed by atoms with Crippen molar-refractivity contribution in [1.29, 1.82) is 0 Å². The molecule has 0 atom stereocenters. The minimum atomic E-state index is 0.0379. The molecule has 0 unspecified atom stereocenters. The van der Waals surface area contributed by atoms with Gasteiger partial charge in [-0.25, -0.2) is 0 Å². The maximum atomic E-state index is 12.9. The Labute approximate surface area is 164 Å². The van der Waals surface area contributed by atoms with Crippen molar-refractivity contribution in [3.8, 4) is 0 Å². The molecule has 6 heteroatoms. The Balaban J connectivity index is 1.43. The number of nitrogens with zero attached hydrogens (tertiary/aromatic N) is 3. The molecule has 4 rings (SSSR count). The van der Waals surface area contributed by atoms with Crippen molar-refractivity contribution >= 4 is 34.8 Å². The largest absolute Gasteiger partial charge is 0.368 e. The molecule has 2 aliphatic heterocycles. The third kappa shape index (κ3) is 3.39. The number of hydrogen-bond donors (Lipinski definition) is 0. The standard InChI is InChI=1S/C21H22ClN3O2/c1-2-25-19-8-3-15(13-16(19)14-20(25)26)21(27)24-11-9-23(10-12-24)18-6-4-17(22)5-7-18/h3-8,13H,2,9-12,14H2,1H3. The van der Waals surface area contributed by atoms with Gasteiger partial charge in [-0.1, -0.05) is 11.6 Å². The van der Waals surface area contributed by atoms with E-state index in [1.54, 1.807) is 4.90 Å². The summed E-state index contributed by atoms with van der Waals surface area (Å²) in [7, 11) is 0. The van der Waals surface area contributed by atoms with E-state index >= 15 is 0 Å². The van der Waals surface area contributed by atoms with Crippen molar-refractivity contribution in [1.82, 2.24) is 4.90 Å². The molecule has 140 valence electrons. The van der Waals surface area contributed by atoms with Gasteiger partial charge in [-0.15, -0.1) is 0 Å². The van der Waals surface area contributed by atoms with Gasteiger partial charge in [0, 0.05) is 54.7 Å². The van der Waals surface area contributed by atoms with Crippen LogP contribution in [0.3, 0.4) is 0 Å². The van der Waals surface area contributed by atoms with Gasteiger partial charge in [0.2, 0.25) is 5.91 Å². The van der Waals surface area contributed by atoms with Crippen LogP contribution in [0.25, 0.3) is 0 Å². The quantitative estimate of drug-likeness (QED) is 0.817. The van der Waals surface area contributed by atoms with Gasteiger partial charge in [0.1, 0.15) is 0 Å². The van der Waals surface area contributed by atoms with Gasteiger partial charge in [0.15, 0.2) is 0 Å². The maximum absolute atomic E-state index is 12.9. The normalized spacial score (nSPS) is 16.7. The molecular formula is C21H22ClN3O2. The van der Waals surface area contributed by atoms with Crippen molar-refractivity contribution in [3.05, 3.63) is 58.6 Å². The van der Waals surface area contributed by atoms with Gasteiger partial charge in [0.25, 0.3) is 5.91 Å². The SMILES string of the molecule is CCN1C(=O)Cc2cc(C(=O)N3CCN(c4ccc(Cl)cc4)CC3)ccc21. The number of halogens is 1. The number of amides is 2. The van der Waals surface area contributed by atoms with Crippen molar-refractivity contribution in [2.45, 2.75) is 13.3 Å². The summed E-state index contributed by atoms with van der Waals surface area (Å²) >= 11 is 5.96. The molecule has 2 aromatic rings. The number of benzene rings is 2. The average molecular weight is 384 g/mol. The van der Waals surface area contributed by atoms with Crippen molar-refractivity contribution in [2.24, 2.45) is 0 Å². The second-order valence-corrected chi connectivity index (χ2v) is 7.35. The first kappa shape index (κ1) is 17.9. The Morgan fingerprint density at radius 1 is 1.04 bits per heavy atom. The summed E-state index contributed by atoms with van der Waals surface area (Å²) in [4.78, 5) is 30.9. The monoisotopic (exact) mass is 383 g/mol. The molecule has 2 heterocycles. The number of carbonyl (C=O) groups is 2. The molecule has 2 aliphatic rings. The molecule has 1 saturated heterocycles. The van der Waals surface area contributed by atoms with Gasteiger partial charge >= 0.3 is 0 Å². The van der Waals surface area contributed by atoms with Crippen LogP contribution in [0.2, 0.25) is 5.02 Å². The van der Waals surface area contributed by atoms with Crippen LogP contribution in [0.5, 0.6) is 0 Å². The summed E-state index contributed by atoms with van der Waals surface area (Å²) in [6, 6.07) is 13.4. The second kappa shape index (κ2) is 7.24. The minimum absolute atomic E-state index is 0.0379. The van der Waals surface area contributed by atoms with Crippen LogP contribution in [-0.2, 0) is 11.2 Å². The molecule has 2 amide bonds. The highest BCUT2D eigenvalue weighted by atomic mass is 35.5. The Bertz CT molecular complexity index is 873. The third-order valence-corrected chi connectivity index (χ3v) is 5.59. The molecule has 0 aromatic heterocycles. The number of rotatable bonds is 3. The molecule has 1 fully saturated rings. The highest BCUT2D eigenvalue weighted by Gasteiger charge is 2.28. The summed E-state index contributed by atoms with van der Waals surface area (Å²) in [5.41, 5.74) is 3.68. The molecular weight excluding hydrogens is 362 g/mol. The van der Waals surface area contributed by atoms with Crippen molar-refractivity contribution in [2.75, 3.05) is 42.5 Å². The zero-order valence-electron chi connectivity index (χ0n) is 15.3. The first-order valence-electron chi connectivity index (χ1n) is 9.30. The topological polar surface area (TPSA) is 43.9 Å². The molecule has 0 saturated carbocycles. The summed E-state index contributed by atoms with van der Waals surface area (Å²) in [5.74, 6) is 0.143. The van der Waals surface area contributed by atoms with E-state index < -0.39 is 0 Å². The Kier molecular flexibility index (Phi) is 4.79. The number of likely N-dealkylation sites (N-methyl/N-ethyl adjacent to an activating group) is 1. The Hall–Kier alpha value is -2.53. The van der Waals surface area contributed by atoms with Crippen molar-refractivity contribution in [3.63, 3.8) is 0 Å². The number of anilines is 2. The number of piperazine rings is 1. The highest BCUT2D eigenvalue weighted by molar-refractivity contribution is 6.30. The smallest absolute Gasteiger partial charge is 0.253 e. The average Bonchev–Trinajstić information content (AvgIpc) is 3.02. The fourth-order valence-corrected chi connectivity index (χ4v) is 3.99. The molecule has 0 aliphatic carbocycles. The summed E-state index contributed by atoms with van der Waals surface area (Å²) in [5, 5.41) is 0.726. The van der Waals surface area contributed by atoms with Gasteiger partial charge in [-0.2, -0.15) is 0 Å². The zero-order chi connectivity index (χ0) is 19.0. The fraction of sp³-hybridized carbons (Fsp3) is 0.333. The van der Waals surface area contributed by atoms with Gasteiger partial charge in [-0.05, 0) is 55.0 Å². The van der Waals surface area contributed by atoms with Crippen LogP contribution in [0.4, 0.5) is 11.4 Å². The van der Waals surface area contributed by atoms with Crippen molar-refractivity contribution < 1.29 is 9.59 Å². The molecule has 0 radical (unpaired) electrons. The second-order valence-electron chi connectivity index (χ2n) is 6.91. The van der Waals surface area contributed by atoms with E-state index in [0.29, 0.717) is 31.6 Å². The van der Waals surface area contributed by atoms with Crippen LogP contribution in [0.1, 0.15) is 22.8 Å². The Morgan fingerprint density at radius 2 is 1.74 bits per heavy atom. The number of carbonyl (C=O) groups excluding carboxylic acids is 2.